The number of benzene rings is 2. The molecule has 0 bridgehead atoms. The van der Waals surface area contributed by atoms with Crippen molar-refractivity contribution in [1.82, 2.24) is 0 Å². The predicted octanol–water partition coefficient (Wildman–Crippen LogP) is 4.06. The van der Waals surface area contributed by atoms with E-state index in [-0.39, 0.29) is 11.2 Å². The van der Waals surface area contributed by atoms with E-state index in [1.54, 1.807) is 11.8 Å². The number of amides is 1. The smallest absolute Gasteiger partial charge is 0.238 e. The first-order chi connectivity index (χ1) is 10.8. The monoisotopic (exact) mass is 329 g/mol. The molecule has 1 unspecified atom stereocenters. The van der Waals surface area contributed by atoms with E-state index in [2.05, 4.69) is 23.5 Å². The molecular weight excluding hydrogens is 310 g/mol. The van der Waals surface area contributed by atoms with E-state index >= 15 is 0 Å². The second-order valence-electron chi connectivity index (χ2n) is 5.24. The molecule has 0 spiro atoms. The van der Waals surface area contributed by atoms with Gasteiger partial charge in [-0.2, -0.15) is 11.8 Å². The number of carbonyl (C=O) groups is 1. The van der Waals surface area contributed by atoms with Crippen molar-refractivity contribution in [3.63, 3.8) is 0 Å². The maximum Gasteiger partial charge on any atom is 0.238 e. The van der Waals surface area contributed by atoms with Gasteiger partial charge in [0.15, 0.2) is 0 Å². The predicted molar refractivity (Wildman–Crippen MR) is 97.9 cm³/mol. The molecule has 1 aliphatic rings. The molecular formula is C18H19NOS2. The summed E-state index contributed by atoms with van der Waals surface area (Å²) in [4.78, 5) is 12.4. The quantitative estimate of drug-likeness (QED) is 0.917. The van der Waals surface area contributed by atoms with E-state index in [1.807, 2.05) is 48.2 Å². The zero-order valence-electron chi connectivity index (χ0n) is 12.3. The van der Waals surface area contributed by atoms with Gasteiger partial charge in [-0.25, -0.2) is 0 Å². The Bertz CT molecular complexity index is 624. The summed E-state index contributed by atoms with van der Waals surface area (Å²) in [5, 5.41) is 3.20. The molecule has 1 amide bonds. The lowest BCUT2D eigenvalue weighted by Crippen LogP contribution is -2.30. The average Bonchev–Trinajstić information content (AvgIpc) is 2.58. The minimum Gasteiger partial charge on any atom is -0.325 e. The summed E-state index contributed by atoms with van der Waals surface area (Å²) in [6.07, 6.45) is 0.837. The molecule has 0 saturated carbocycles. The number of rotatable bonds is 4. The van der Waals surface area contributed by atoms with Crippen molar-refractivity contribution in [3.8, 4) is 0 Å². The molecule has 2 nitrogen and oxygen atoms in total. The third-order valence-electron chi connectivity index (χ3n) is 3.62. The number of thioether (sulfide) groups is 2. The topological polar surface area (TPSA) is 29.1 Å². The van der Waals surface area contributed by atoms with Crippen molar-refractivity contribution >= 4 is 35.1 Å². The van der Waals surface area contributed by atoms with Crippen LogP contribution in [0.3, 0.4) is 0 Å². The molecule has 2 aromatic rings. The van der Waals surface area contributed by atoms with Gasteiger partial charge in [-0.3, -0.25) is 4.79 Å². The third-order valence-corrected chi connectivity index (χ3v) is 6.38. The molecule has 4 heteroatoms. The number of para-hydroxylation sites is 1. The van der Waals surface area contributed by atoms with Gasteiger partial charge in [0.1, 0.15) is 0 Å². The SMILES string of the molecule is O=C(Nc1ccccc1Cc1ccccc1)C1CSCCS1. The van der Waals surface area contributed by atoms with Gasteiger partial charge in [0.2, 0.25) is 5.91 Å². The van der Waals surface area contributed by atoms with Crippen LogP contribution in [0.5, 0.6) is 0 Å². The molecule has 0 aromatic heterocycles. The van der Waals surface area contributed by atoms with Gasteiger partial charge in [-0.05, 0) is 23.6 Å². The second-order valence-corrected chi connectivity index (χ2v) is 7.70. The molecule has 114 valence electrons. The van der Waals surface area contributed by atoms with E-state index in [9.17, 15) is 4.79 Å². The summed E-state index contributed by atoms with van der Waals surface area (Å²) in [5.74, 6) is 3.27. The molecule has 1 fully saturated rings. The molecule has 0 aliphatic carbocycles. The third kappa shape index (κ3) is 4.08. The van der Waals surface area contributed by atoms with Crippen LogP contribution in [0.15, 0.2) is 54.6 Å². The maximum absolute atomic E-state index is 12.4. The Morgan fingerprint density at radius 1 is 1.05 bits per heavy atom. The fourth-order valence-corrected chi connectivity index (χ4v) is 5.02. The lowest BCUT2D eigenvalue weighted by atomic mass is 10.0. The molecule has 1 atom stereocenters. The average molecular weight is 329 g/mol. The van der Waals surface area contributed by atoms with Crippen LogP contribution in [0.4, 0.5) is 5.69 Å². The molecule has 2 aromatic carbocycles. The van der Waals surface area contributed by atoms with E-state index in [1.165, 1.54) is 5.56 Å². The van der Waals surface area contributed by atoms with Crippen LogP contribution in [-0.2, 0) is 11.2 Å². The van der Waals surface area contributed by atoms with Gasteiger partial charge >= 0.3 is 0 Å². The lowest BCUT2D eigenvalue weighted by Gasteiger charge is -2.21. The minimum atomic E-state index is 0.0727. The molecule has 3 rings (SSSR count). The van der Waals surface area contributed by atoms with E-state index in [0.717, 1.165) is 34.9 Å². The molecule has 0 radical (unpaired) electrons. The normalized spacial score (nSPS) is 17.9. The van der Waals surface area contributed by atoms with Crippen LogP contribution in [0.25, 0.3) is 0 Å². The second kappa shape index (κ2) is 7.75. The van der Waals surface area contributed by atoms with Crippen molar-refractivity contribution in [3.05, 3.63) is 65.7 Å². The number of anilines is 1. The first-order valence-corrected chi connectivity index (χ1v) is 9.65. The van der Waals surface area contributed by atoms with Gasteiger partial charge in [0.05, 0.1) is 5.25 Å². The van der Waals surface area contributed by atoms with Crippen LogP contribution < -0.4 is 5.32 Å². The number of hydrogen-bond donors (Lipinski definition) is 1. The summed E-state index contributed by atoms with van der Waals surface area (Å²) in [7, 11) is 0. The number of carbonyl (C=O) groups excluding carboxylic acids is 1. The Labute approximate surface area is 140 Å². The van der Waals surface area contributed by atoms with Crippen molar-refractivity contribution in [1.29, 1.82) is 0 Å². The van der Waals surface area contributed by atoms with E-state index < -0.39 is 0 Å². The van der Waals surface area contributed by atoms with Crippen molar-refractivity contribution in [2.24, 2.45) is 0 Å². The highest BCUT2D eigenvalue weighted by molar-refractivity contribution is 8.07. The van der Waals surface area contributed by atoms with Gasteiger partial charge in [0, 0.05) is 22.9 Å². The Balaban J connectivity index is 1.72. The molecule has 1 N–H and O–H groups in total. The zero-order chi connectivity index (χ0) is 15.2. The standard InChI is InChI=1S/C18H19NOS2/c20-18(17-13-21-10-11-22-17)19-16-9-5-4-8-15(16)12-14-6-2-1-3-7-14/h1-9,17H,10-13H2,(H,19,20). The highest BCUT2D eigenvalue weighted by Crippen LogP contribution is 2.26. The van der Waals surface area contributed by atoms with Gasteiger partial charge in [0.25, 0.3) is 0 Å². The molecule has 22 heavy (non-hydrogen) atoms. The molecule has 1 saturated heterocycles. The highest BCUT2D eigenvalue weighted by atomic mass is 32.2. The molecule has 1 heterocycles. The first-order valence-electron chi connectivity index (χ1n) is 7.45. The van der Waals surface area contributed by atoms with Crippen LogP contribution >= 0.6 is 23.5 Å². The molecule has 1 aliphatic heterocycles. The van der Waals surface area contributed by atoms with Crippen molar-refractivity contribution in [2.75, 3.05) is 22.6 Å². The fourth-order valence-electron chi connectivity index (χ4n) is 2.46. The summed E-state index contributed by atoms with van der Waals surface area (Å²) in [6, 6.07) is 18.4. The minimum absolute atomic E-state index is 0.0727. The largest absolute Gasteiger partial charge is 0.325 e. The first kappa shape index (κ1) is 15.5. The Morgan fingerprint density at radius 3 is 2.59 bits per heavy atom. The van der Waals surface area contributed by atoms with E-state index in [0.29, 0.717) is 0 Å². The summed E-state index contributed by atoms with van der Waals surface area (Å²) in [6.45, 7) is 0. The summed E-state index contributed by atoms with van der Waals surface area (Å²) < 4.78 is 0. The number of nitrogens with one attached hydrogen (secondary N) is 1. The van der Waals surface area contributed by atoms with Crippen LogP contribution in [0.1, 0.15) is 11.1 Å². The Morgan fingerprint density at radius 2 is 1.82 bits per heavy atom. The maximum atomic E-state index is 12.4. The van der Waals surface area contributed by atoms with Gasteiger partial charge < -0.3 is 5.32 Å². The van der Waals surface area contributed by atoms with Crippen molar-refractivity contribution in [2.45, 2.75) is 11.7 Å². The van der Waals surface area contributed by atoms with Crippen LogP contribution in [0, 0.1) is 0 Å². The van der Waals surface area contributed by atoms with Crippen molar-refractivity contribution < 1.29 is 4.79 Å². The highest BCUT2D eigenvalue weighted by Gasteiger charge is 2.22. The fraction of sp³-hybridized carbons (Fsp3) is 0.278. The van der Waals surface area contributed by atoms with Gasteiger partial charge in [-0.15, -0.1) is 11.8 Å². The Kier molecular flexibility index (Phi) is 5.46. The van der Waals surface area contributed by atoms with E-state index in [4.69, 9.17) is 0 Å². The summed E-state index contributed by atoms with van der Waals surface area (Å²) >= 11 is 3.63. The lowest BCUT2D eigenvalue weighted by molar-refractivity contribution is -0.115. The van der Waals surface area contributed by atoms with Crippen LogP contribution in [-0.4, -0.2) is 28.4 Å². The zero-order valence-corrected chi connectivity index (χ0v) is 14.0. The Hall–Kier alpha value is -1.39. The number of hydrogen-bond acceptors (Lipinski definition) is 3. The van der Waals surface area contributed by atoms with Crippen LogP contribution in [0.2, 0.25) is 0 Å². The summed E-state index contributed by atoms with van der Waals surface area (Å²) in [5.41, 5.74) is 3.36. The van der Waals surface area contributed by atoms with Gasteiger partial charge in [-0.1, -0.05) is 48.5 Å².